The molecule has 0 aromatic rings. The largest absolute Gasteiger partial charge is 0.436 e. The lowest BCUT2D eigenvalue weighted by molar-refractivity contribution is 0.162. The van der Waals surface area contributed by atoms with Crippen LogP contribution in [0.2, 0.25) is 0 Å². The highest BCUT2D eigenvalue weighted by molar-refractivity contribution is 5.66. The fraction of sp³-hybridized carbons (Fsp3) is 0.727. The lowest BCUT2D eigenvalue weighted by Gasteiger charge is -2.19. The second-order valence-corrected chi connectivity index (χ2v) is 3.38. The molecule has 0 aromatic carbocycles. The number of amides is 1. The average molecular weight is 228 g/mol. The summed E-state index contributed by atoms with van der Waals surface area (Å²) in [5, 5.41) is 11.0. The predicted octanol–water partition coefficient (Wildman–Crippen LogP) is 0.0485. The van der Waals surface area contributed by atoms with Crippen LogP contribution in [0.3, 0.4) is 0 Å². The van der Waals surface area contributed by atoms with Crippen molar-refractivity contribution in [2.75, 3.05) is 33.9 Å². The van der Waals surface area contributed by atoms with E-state index in [-0.39, 0.29) is 19.3 Å². The maximum Gasteiger partial charge on any atom is 0.407 e. The summed E-state index contributed by atoms with van der Waals surface area (Å²) >= 11 is 0. The molecule has 0 saturated heterocycles. The first kappa shape index (κ1) is 14.8. The molecule has 16 heavy (non-hydrogen) atoms. The summed E-state index contributed by atoms with van der Waals surface area (Å²) in [6.45, 7) is 3.04. The molecule has 0 aliphatic carbocycles. The van der Waals surface area contributed by atoms with Crippen molar-refractivity contribution in [2.45, 2.75) is 19.4 Å². The molecular formula is C11H20N2O3. The molecule has 0 spiro atoms. The van der Waals surface area contributed by atoms with Gasteiger partial charge in [0.2, 0.25) is 0 Å². The molecule has 92 valence electrons. The molecule has 0 aromatic heterocycles. The van der Waals surface area contributed by atoms with E-state index in [0.717, 1.165) is 13.0 Å². The number of carbonyl (C=O) groups excluding carboxylic acids is 1. The zero-order chi connectivity index (χ0) is 12.4. The van der Waals surface area contributed by atoms with E-state index >= 15 is 0 Å². The van der Waals surface area contributed by atoms with Crippen molar-refractivity contribution in [1.82, 2.24) is 10.2 Å². The summed E-state index contributed by atoms with van der Waals surface area (Å²) in [6.07, 6.45) is 0.257. The van der Waals surface area contributed by atoms with Gasteiger partial charge in [0.1, 0.15) is 0 Å². The van der Waals surface area contributed by atoms with E-state index in [1.54, 1.807) is 0 Å². The lowest BCUT2D eigenvalue weighted by atomic mass is 10.3. The molecule has 0 aliphatic heterocycles. The number of alkyl carbamates (subject to hydrolysis) is 1. The number of ether oxygens (including phenoxy) is 1. The maximum absolute atomic E-state index is 10.7. The SMILES string of the molecule is CNC(=O)OCC#CC(C)N(C)CCCO. The lowest BCUT2D eigenvalue weighted by Crippen LogP contribution is -2.29. The van der Waals surface area contributed by atoms with Crippen LogP contribution in [0, 0.1) is 11.8 Å². The number of carbonyl (C=O) groups is 1. The monoisotopic (exact) mass is 228 g/mol. The first-order valence-electron chi connectivity index (χ1n) is 5.25. The number of hydrogen-bond acceptors (Lipinski definition) is 4. The minimum atomic E-state index is -0.476. The minimum Gasteiger partial charge on any atom is -0.436 e. The molecule has 1 amide bonds. The van der Waals surface area contributed by atoms with Crippen LogP contribution in [0.5, 0.6) is 0 Å². The average Bonchev–Trinajstić information content (AvgIpc) is 2.30. The number of rotatable bonds is 5. The van der Waals surface area contributed by atoms with E-state index in [1.807, 2.05) is 18.9 Å². The smallest absolute Gasteiger partial charge is 0.407 e. The zero-order valence-electron chi connectivity index (χ0n) is 10.1. The molecule has 0 rings (SSSR count). The van der Waals surface area contributed by atoms with Crippen molar-refractivity contribution < 1.29 is 14.6 Å². The van der Waals surface area contributed by atoms with Crippen LogP contribution >= 0.6 is 0 Å². The Morgan fingerprint density at radius 3 is 2.88 bits per heavy atom. The van der Waals surface area contributed by atoms with Gasteiger partial charge in [-0.3, -0.25) is 4.90 Å². The summed E-state index contributed by atoms with van der Waals surface area (Å²) < 4.78 is 4.72. The van der Waals surface area contributed by atoms with Gasteiger partial charge in [0, 0.05) is 20.2 Å². The van der Waals surface area contributed by atoms with Crippen LogP contribution in [-0.4, -0.2) is 56.0 Å². The Morgan fingerprint density at radius 1 is 1.62 bits per heavy atom. The van der Waals surface area contributed by atoms with Gasteiger partial charge < -0.3 is 15.2 Å². The van der Waals surface area contributed by atoms with Gasteiger partial charge in [-0.2, -0.15) is 0 Å². The normalized spacial score (nSPS) is 11.6. The Kier molecular flexibility index (Phi) is 8.31. The van der Waals surface area contributed by atoms with Gasteiger partial charge in [0.05, 0.1) is 6.04 Å². The number of nitrogens with zero attached hydrogens (tertiary/aromatic N) is 1. The van der Waals surface area contributed by atoms with Crippen LogP contribution in [0.25, 0.3) is 0 Å². The van der Waals surface area contributed by atoms with Crippen LogP contribution in [0.1, 0.15) is 13.3 Å². The second kappa shape index (κ2) is 9.01. The number of hydrogen-bond donors (Lipinski definition) is 2. The van der Waals surface area contributed by atoms with Gasteiger partial charge in [-0.1, -0.05) is 11.8 Å². The van der Waals surface area contributed by atoms with E-state index in [0.29, 0.717) is 0 Å². The van der Waals surface area contributed by atoms with Crippen LogP contribution < -0.4 is 5.32 Å². The van der Waals surface area contributed by atoms with Gasteiger partial charge >= 0.3 is 6.09 Å². The van der Waals surface area contributed by atoms with Crippen molar-refractivity contribution in [3.8, 4) is 11.8 Å². The summed E-state index contributed by atoms with van der Waals surface area (Å²) in [5.74, 6) is 5.73. The van der Waals surface area contributed by atoms with Gasteiger partial charge in [-0.15, -0.1) is 0 Å². The standard InChI is InChI=1S/C11H20N2O3/c1-10(13(3)7-5-8-14)6-4-9-16-11(15)12-2/h10,14H,5,7-9H2,1-3H3,(H,12,15). The van der Waals surface area contributed by atoms with Crippen molar-refractivity contribution >= 4 is 6.09 Å². The van der Waals surface area contributed by atoms with Crippen LogP contribution in [0.15, 0.2) is 0 Å². The van der Waals surface area contributed by atoms with Crippen molar-refractivity contribution in [3.05, 3.63) is 0 Å². The fourth-order valence-corrected chi connectivity index (χ4v) is 0.987. The van der Waals surface area contributed by atoms with Crippen molar-refractivity contribution in [1.29, 1.82) is 0 Å². The van der Waals surface area contributed by atoms with Gasteiger partial charge in [-0.25, -0.2) is 4.79 Å². The molecule has 0 bridgehead atoms. The van der Waals surface area contributed by atoms with Gasteiger partial charge in [0.15, 0.2) is 6.61 Å². The highest BCUT2D eigenvalue weighted by Crippen LogP contribution is 1.94. The first-order valence-corrected chi connectivity index (χ1v) is 5.25. The van der Waals surface area contributed by atoms with E-state index in [2.05, 4.69) is 17.2 Å². The first-order chi connectivity index (χ1) is 7.61. The molecular weight excluding hydrogens is 208 g/mol. The fourth-order valence-electron chi connectivity index (χ4n) is 0.987. The van der Waals surface area contributed by atoms with Gasteiger partial charge in [-0.05, 0) is 20.4 Å². The van der Waals surface area contributed by atoms with E-state index in [1.165, 1.54) is 7.05 Å². The zero-order valence-corrected chi connectivity index (χ0v) is 10.1. The molecule has 5 nitrogen and oxygen atoms in total. The highest BCUT2D eigenvalue weighted by Gasteiger charge is 2.04. The molecule has 0 aliphatic rings. The Morgan fingerprint density at radius 2 is 2.31 bits per heavy atom. The predicted molar refractivity (Wildman–Crippen MR) is 62.0 cm³/mol. The molecule has 2 N–H and O–H groups in total. The summed E-state index contributed by atoms with van der Waals surface area (Å²) in [6, 6.07) is 0.0832. The van der Waals surface area contributed by atoms with Crippen molar-refractivity contribution in [3.63, 3.8) is 0 Å². The molecule has 5 heteroatoms. The summed E-state index contributed by atoms with van der Waals surface area (Å²) in [7, 11) is 3.44. The summed E-state index contributed by atoms with van der Waals surface area (Å²) in [4.78, 5) is 12.7. The third-order valence-corrected chi connectivity index (χ3v) is 2.12. The number of aliphatic hydroxyl groups excluding tert-OH is 1. The third kappa shape index (κ3) is 7.10. The number of aliphatic hydroxyl groups is 1. The minimum absolute atomic E-state index is 0.0832. The Bertz CT molecular complexity index is 258. The topological polar surface area (TPSA) is 61.8 Å². The van der Waals surface area contributed by atoms with Crippen molar-refractivity contribution in [2.24, 2.45) is 0 Å². The third-order valence-electron chi connectivity index (χ3n) is 2.12. The molecule has 0 fully saturated rings. The molecule has 0 radical (unpaired) electrons. The number of nitrogens with one attached hydrogen (secondary N) is 1. The van der Waals surface area contributed by atoms with Crippen LogP contribution in [-0.2, 0) is 4.74 Å². The Labute approximate surface area is 96.8 Å². The summed E-state index contributed by atoms with van der Waals surface area (Å²) in [5.41, 5.74) is 0. The van der Waals surface area contributed by atoms with E-state index in [4.69, 9.17) is 9.84 Å². The van der Waals surface area contributed by atoms with Gasteiger partial charge in [0.25, 0.3) is 0 Å². The van der Waals surface area contributed by atoms with Crippen LogP contribution in [0.4, 0.5) is 4.79 Å². The second-order valence-electron chi connectivity index (χ2n) is 3.38. The maximum atomic E-state index is 10.7. The molecule has 1 unspecified atom stereocenters. The van der Waals surface area contributed by atoms with E-state index in [9.17, 15) is 4.79 Å². The Balaban J connectivity index is 3.80. The molecule has 0 heterocycles. The Hall–Kier alpha value is -1.25. The highest BCUT2D eigenvalue weighted by atomic mass is 16.5. The quantitative estimate of drug-likeness (QED) is 0.653. The molecule has 1 atom stereocenters. The molecule has 0 saturated carbocycles. The van der Waals surface area contributed by atoms with E-state index < -0.39 is 6.09 Å².